The molecule has 1 fully saturated rings. The van der Waals surface area contributed by atoms with Gasteiger partial charge in [0.15, 0.2) is 0 Å². The number of rotatable bonds is 2. The van der Waals surface area contributed by atoms with Gasteiger partial charge in [-0.25, -0.2) is 8.42 Å². The van der Waals surface area contributed by atoms with E-state index in [-0.39, 0.29) is 16.9 Å². The molecule has 1 saturated heterocycles. The summed E-state index contributed by atoms with van der Waals surface area (Å²) in [6.07, 6.45) is 0.846. The topological polar surface area (TPSA) is 87.2 Å². The molecule has 0 aromatic heterocycles. The van der Waals surface area contributed by atoms with Gasteiger partial charge in [-0.3, -0.25) is 0 Å². The SMILES string of the molecule is Cc1cc(C#N)ccc1S(=O)(=O)N1CC(C)CC(N)C1. The average Bonchev–Trinajstić information content (AvgIpc) is 2.37. The van der Waals surface area contributed by atoms with Gasteiger partial charge in [-0.15, -0.1) is 0 Å². The molecule has 1 heterocycles. The number of benzene rings is 1. The second-order valence-electron chi connectivity index (χ2n) is 5.52. The maximum atomic E-state index is 12.7. The summed E-state index contributed by atoms with van der Waals surface area (Å²) in [5.41, 5.74) is 6.98. The highest BCUT2D eigenvalue weighted by Crippen LogP contribution is 2.25. The van der Waals surface area contributed by atoms with Crippen molar-refractivity contribution in [3.63, 3.8) is 0 Å². The third-order valence-electron chi connectivity index (χ3n) is 3.58. The molecule has 0 radical (unpaired) electrons. The van der Waals surface area contributed by atoms with E-state index in [1.54, 1.807) is 13.0 Å². The quantitative estimate of drug-likeness (QED) is 0.888. The van der Waals surface area contributed by atoms with Gasteiger partial charge in [-0.2, -0.15) is 9.57 Å². The van der Waals surface area contributed by atoms with E-state index in [0.29, 0.717) is 24.2 Å². The van der Waals surface area contributed by atoms with E-state index >= 15 is 0 Å². The van der Waals surface area contributed by atoms with Crippen LogP contribution >= 0.6 is 0 Å². The summed E-state index contributed by atoms with van der Waals surface area (Å²) in [6, 6.07) is 6.53. The zero-order valence-electron chi connectivity index (χ0n) is 11.7. The van der Waals surface area contributed by atoms with E-state index in [4.69, 9.17) is 11.0 Å². The Balaban J connectivity index is 2.38. The van der Waals surface area contributed by atoms with E-state index < -0.39 is 10.0 Å². The molecule has 0 aliphatic carbocycles. The standard InChI is InChI=1S/C14H19N3O2S/c1-10-5-13(16)9-17(8-10)20(18,19)14-4-3-12(7-15)6-11(14)2/h3-4,6,10,13H,5,8-9,16H2,1-2H3. The number of hydrogen-bond acceptors (Lipinski definition) is 4. The normalized spacial score (nSPS) is 24.3. The first kappa shape index (κ1) is 15.0. The van der Waals surface area contributed by atoms with Crippen molar-refractivity contribution in [1.29, 1.82) is 5.26 Å². The summed E-state index contributed by atoms with van der Waals surface area (Å²) in [4.78, 5) is 0.262. The summed E-state index contributed by atoms with van der Waals surface area (Å²) in [5, 5.41) is 8.85. The average molecular weight is 293 g/mol. The van der Waals surface area contributed by atoms with Crippen molar-refractivity contribution in [2.24, 2.45) is 11.7 Å². The Morgan fingerprint density at radius 1 is 1.40 bits per heavy atom. The van der Waals surface area contributed by atoms with E-state index in [2.05, 4.69) is 0 Å². The van der Waals surface area contributed by atoms with Crippen molar-refractivity contribution in [3.8, 4) is 6.07 Å². The number of sulfonamides is 1. The van der Waals surface area contributed by atoms with Crippen LogP contribution in [0.25, 0.3) is 0 Å². The van der Waals surface area contributed by atoms with Gasteiger partial charge in [-0.1, -0.05) is 6.92 Å². The molecule has 108 valence electrons. The highest BCUT2D eigenvalue weighted by molar-refractivity contribution is 7.89. The minimum Gasteiger partial charge on any atom is -0.326 e. The number of piperidine rings is 1. The largest absolute Gasteiger partial charge is 0.326 e. The van der Waals surface area contributed by atoms with Crippen molar-refractivity contribution in [1.82, 2.24) is 4.31 Å². The summed E-state index contributed by atoms with van der Waals surface area (Å²) in [5.74, 6) is 0.257. The molecule has 1 aromatic carbocycles. The van der Waals surface area contributed by atoms with Gasteiger partial charge in [0.1, 0.15) is 0 Å². The number of aryl methyl sites for hydroxylation is 1. The van der Waals surface area contributed by atoms with Gasteiger partial charge in [0.05, 0.1) is 16.5 Å². The van der Waals surface area contributed by atoms with Crippen LogP contribution < -0.4 is 5.73 Å². The third-order valence-corrected chi connectivity index (χ3v) is 5.57. The lowest BCUT2D eigenvalue weighted by atomic mass is 9.99. The second kappa shape index (κ2) is 5.52. The van der Waals surface area contributed by atoms with Crippen molar-refractivity contribution >= 4 is 10.0 Å². The van der Waals surface area contributed by atoms with Crippen molar-refractivity contribution in [2.45, 2.75) is 31.2 Å². The lowest BCUT2D eigenvalue weighted by Crippen LogP contribution is -2.48. The van der Waals surface area contributed by atoms with Crippen LogP contribution in [0.4, 0.5) is 0 Å². The van der Waals surface area contributed by atoms with Gasteiger partial charge in [-0.05, 0) is 43.0 Å². The Kier molecular flexibility index (Phi) is 4.14. The van der Waals surface area contributed by atoms with Gasteiger partial charge in [0.2, 0.25) is 10.0 Å². The van der Waals surface area contributed by atoms with Crippen LogP contribution in [-0.4, -0.2) is 31.9 Å². The lowest BCUT2D eigenvalue weighted by molar-refractivity contribution is 0.254. The maximum absolute atomic E-state index is 12.7. The number of nitriles is 1. The van der Waals surface area contributed by atoms with Crippen molar-refractivity contribution in [3.05, 3.63) is 29.3 Å². The Morgan fingerprint density at radius 2 is 2.10 bits per heavy atom. The third kappa shape index (κ3) is 2.85. The molecule has 0 bridgehead atoms. The molecule has 0 spiro atoms. The van der Waals surface area contributed by atoms with Crippen LogP contribution in [0.1, 0.15) is 24.5 Å². The monoisotopic (exact) mass is 293 g/mol. The van der Waals surface area contributed by atoms with Crippen LogP contribution in [-0.2, 0) is 10.0 Å². The fraction of sp³-hybridized carbons (Fsp3) is 0.500. The van der Waals surface area contributed by atoms with Crippen molar-refractivity contribution in [2.75, 3.05) is 13.1 Å². The fourth-order valence-electron chi connectivity index (χ4n) is 2.69. The Morgan fingerprint density at radius 3 is 2.65 bits per heavy atom. The molecule has 2 atom stereocenters. The summed E-state index contributed by atoms with van der Waals surface area (Å²) in [6.45, 7) is 4.57. The molecule has 20 heavy (non-hydrogen) atoms. The van der Waals surface area contributed by atoms with Gasteiger partial charge < -0.3 is 5.73 Å². The zero-order valence-corrected chi connectivity index (χ0v) is 12.5. The number of nitrogens with two attached hydrogens (primary N) is 1. The predicted octanol–water partition coefficient (Wildman–Crippen LogP) is 1.22. The van der Waals surface area contributed by atoms with E-state index in [1.165, 1.54) is 16.4 Å². The molecule has 5 nitrogen and oxygen atoms in total. The second-order valence-corrected chi connectivity index (χ2v) is 7.42. The molecular weight excluding hydrogens is 274 g/mol. The van der Waals surface area contributed by atoms with E-state index in [0.717, 1.165) is 6.42 Å². The maximum Gasteiger partial charge on any atom is 0.243 e. The summed E-state index contributed by atoms with van der Waals surface area (Å²) in [7, 11) is -3.54. The van der Waals surface area contributed by atoms with Crippen LogP contribution in [0, 0.1) is 24.2 Å². The van der Waals surface area contributed by atoms with Crippen LogP contribution in [0.3, 0.4) is 0 Å². The Labute approximate surface area is 120 Å². The van der Waals surface area contributed by atoms with Crippen LogP contribution in [0.2, 0.25) is 0 Å². The summed E-state index contributed by atoms with van der Waals surface area (Å²) >= 11 is 0. The predicted molar refractivity (Wildman–Crippen MR) is 76.4 cm³/mol. The van der Waals surface area contributed by atoms with Crippen LogP contribution in [0.15, 0.2) is 23.1 Å². The first-order valence-electron chi connectivity index (χ1n) is 6.61. The first-order chi connectivity index (χ1) is 9.34. The molecule has 6 heteroatoms. The minimum atomic E-state index is -3.54. The molecule has 2 rings (SSSR count). The van der Waals surface area contributed by atoms with Gasteiger partial charge in [0, 0.05) is 19.1 Å². The molecule has 1 aliphatic rings. The molecule has 1 aromatic rings. The first-order valence-corrected chi connectivity index (χ1v) is 8.05. The van der Waals surface area contributed by atoms with Gasteiger partial charge in [0.25, 0.3) is 0 Å². The number of hydrogen-bond donors (Lipinski definition) is 1. The van der Waals surface area contributed by atoms with E-state index in [9.17, 15) is 8.42 Å². The highest BCUT2D eigenvalue weighted by atomic mass is 32.2. The minimum absolute atomic E-state index is 0.118. The highest BCUT2D eigenvalue weighted by Gasteiger charge is 2.32. The van der Waals surface area contributed by atoms with Crippen LogP contribution in [0.5, 0.6) is 0 Å². The molecule has 2 unspecified atom stereocenters. The fourth-order valence-corrected chi connectivity index (χ4v) is 4.52. The van der Waals surface area contributed by atoms with E-state index in [1.807, 2.05) is 13.0 Å². The molecule has 0 amide bonds. The molecule has 1 aliphatic heterocycles. The van der Waals surface area contributed by atoms with Crippen molar-refractivity contribution < 1.29 is 8.42 Å². The summed E-state index contributed by atoms with van der Waals surface area (Å²) < 4.78 is 26.8. The van der Waals surface area contributed by atoms with Gasteiger partial charge >= 0.3 is 0 Å². The Bertz CT molecular complexity index is 639. The smallest absolute Gasteiger partial charge is 0.243 e. The number of nitrogens with zero attached hydrogens (tertiary/aromatic N) is 2. The molecule has 0 saturated carbocycles. The zero-order chi connectivity index (χ0) is 14.9. The Hall–Kier alpha value is -1.42. The molecule has 2 N–H and O–H groups in total. The molecular formula is C14H19N3O2S. The lowest BCUT2D eigenvalue weighted by Gasteiger charge is -2.34.